The van der Waals surface area contributed by atoms with Crippen LogP contribution in [-0.4, -0.2) is 90.3 Å². The van der Waals surface area contributed by atoms with Crippen molar-refractivity contribution in [3.63, 3.8) is 0 Å². The largest absolute Gasteiger partial charge is 0.497 e. The van der Waals surface area contributed by atoms with E-state index < -0.39 is 0 Å². The Hall–Kier alpha value is -14.0. The van der Waals surface area contributed by atoms with E-state index >= 15 is 0 Å². The second kappa shape index (κ2) is 53.9. The molecule has 0 bridgehead atoms. The fourth-order valence-electron chi connectivity index (χ4n) is 15.9. The summed E-state index contributed by atoms with van der Waals surface area (Å²) in [7, 11) is 3.28. The molecule has 12 aromatic carbocycles. The molecule has 4 aliphatic rings. The van der Waals surface area contributed by atoms with Crippen molar-refractivity contribution >= 4 is 127 Å². The zero-order valence-corrected chi connectivity index (χ0v) is 90.5. The van der Waals surface area contributed by atoms with Gasteiger partial charge in [-0.15, -0.1) is 10.2 Å². The highest BCUT2D eigenvalue weighted by atomic mass is 35.5. The number of aryl methyl sites for hydroxylation is 6. The van der Waals surface area contributed by atoms with E-state index in [-0.39, 0.29) is 5.41 Å². The highest BCUT2D eigenvalue weighted by Crippen LogP contribution is 2.42. The molecular weight excluding hydrogens is 1970 g/mol. The van der Waals surface area contributed by atoms with Crippen LogP contribution < -0.4 is 48.5 Å². The molecule has 4 N–H and O–H groups in total. The molecular formula is C117H124Cl6N16O8. The molecule has 0 spiro atoms. The van der Waals surface area contributed by atoms with Gasteiger partial charge >= 0.3 is 0 Å². The molecule has 14 aromatic rings. The van der Waals surface area contributed by atoms with Gasteiger partial charge in [-0.3, -0.25) is 10.2 Å². The molecule has 0 aliphatic carbocycles. The molecule has 6 heterocycles. The van der Waals surface area contributed by atoms with Crippen LogP contribution in [-0.2, 0) is 44.2 Å². The first-order valence-electron chi connectivity index (χ1n) is 48.7. The monoisotopic (exact) mass is 2090 g/mol. The Morgan fingerprint density at radius 1 is 0.293 bits per heavy atom. The third kappa shape index (κ3) is 33.8. The lowest BCUT2D eigenvalue weighted by molar-refractivity contribution is 0.408. The summed E-state index contributed by atoms with van der Waals surface area (Å²) >= 11 is 38.4. The smallest absolute Gasteiger partial charge is 0.242 e. The highest BCUT2D eigenvalue weighted by molar-refractivity contribution is 6.33. The van der Waals surface area contributed by atoms with Gasteiger partial charge in [-0.05, 0) is 311 Å². The molecule has 0 atom stereocenters. The number of benzene rings is 12. The van der Waals surface area contributed by atoms with E-state index in [2.05, 4.69) is 167 Å². The average molecular weight is 2100 g/mol. The van der Waals surface area contributed by atoms with Gasteiger partial charge in [-0.25, -0.2) is 0 Å². The molecule has 0 amide bonds. The third-order valence-electron chi connectivity index (χ3n) is 23.6. The number of anilines is 2. The van der Waals surface area contributed by atoms with E-state index in [1.54, 1.807) is 14.2 Å². The summed E-state index contributed by atoms with van der Waals surface area (Å²) in [5.74, 6) is 13.8. The predicted molar refractivity (Wildman–Crippen MR) is 603 cm³/mol. The van der Waals surface area contributed by atoms with Crippen molar-refractivity contribution in [1.29, 1.82) is 0 Å². The van der Waals surface area contributed by atoms with E-state index in [1.165, 1.54) is 22.3 Å². The van der Waals surface area contributed by atoms with Crippen LogP contribution in [0.3, 0.4) is 0 Å². The number of nitrogens with one attached hydrogen (secondary N) is 4. The first-order chi connectivity index (χ1) is 70.7. The van der Waals surface area contributed by atoms with Gasteiger partial charge in [0.15, 0.2) is 0 Å². The molecule has 762 valence electrons. The molecule has 0 unspecified atom stereocenters. The normalized spacial score (nSPS) is 12.7. The number of hydrogen-bond donors (Lipinski definition) is 4. The zero-order chi connectivity index (χ0) is 105. The minimum Gasteiger partial charge on any atom is -0.497 e. The summed E-state index contributed by atoms with van der Waals surface area (Å²) in [6.07, 6.45) is 9.85. The van der Waals surface area contributed by atoms with Crippen LogP contribution in [0.4, 0.5) is 11.9 Å². The van der Waals surface area contributed by atoms with E-state index in [1.807, 2.05) is 262 Å². The summed E-state index contributed by atoms with van der Waals surface area (Å²) in [4.78, 5) is 8.47. The number of aromatic nitrogens is 6. The second-order valence-corrected chi connectivity index (χ2v) is 39.7. The molecule has 30 heteroatoms. The Balaban J connectivity index is 0.000000147. The van der Waals surface area contributed by atoms with Crippen LogP contribution in [0.5, 0.6) is 80.5 Å². The van der Waals surface area contributed by atoms with Gasteiger partial charge in [0.05, 0.1) is 14.2 Å². The third-order valence-corrected chi connectivity index (χ3v) is 25.8. The number of rotatable bonds is 33. The van der Waals surface area contributed by atoms with Crippen LogP contribution in [0.1, 0.15) is 198 Å². The maximum absolute atomic E-state index is 6.49. The second-order valence-electron chi connectivity index (χ2n) is 37.3. The molecule has 24 nitrogen and oxygen atoms in total. The molecule has 0 radical (unpaired) electrons. The number of halogens is 6. The Labute approximate surface area is 891 Å². The van der Waals surface area contributed by atoms with Crippen LogP contribution in [0, 0.1) is 41.5 Å². The summed E-state index contributed by atoms with van der Waals surface area (Å²) < 4.78 is 47.0. The quantitative estimate of drug-likeness (QED) is 0.0298. The average Bonchev–Trinajstić information content (AvgIpc) is 1.34. The first-order valence-corrected chi connectivity index (χ1v) is 50.9. The fourth-order valence-corrected chi connectivity index (χ4v) is 17.4. The number of hydrogen-bond acceptors (Lipinski definition) is 22. The highest BCUT2D eigenvalue weighted by Gasteiger charge is 2.24. The van der Waals surface area contributed by atoms with Crippen molar-refractivity contribution in [2.24, 2.45) is 40.8 Å². The van der Waals surface area contributed by atoms with E-state index in [9.17, 15) is 0 Å². The van der Waals surface area contributed by atoms with Crippen LogP contribution in [0.25, 0.3) is 0 Å². The summed E-state index contributed by atoms with van der Waals surface area (Å²) in [6.45, 7) is 31.8. The van der Waals surface area contributed by atoms with E-state index in [0.29, 0.717) is 62.5 Å². The Bertz CT molecular complexity index is 7110. The maximum Gasteiger partial charge on any atom is 0.242 e. The molecule has 18 rings (SSSR count). The molecule has 0 saturated heterocycles. The van der Waals surface area contributed by atoms with Crippen LogP contribution in [0.2, 0.25) is 30.1 Å². The Kier molecular flexibility index (Phi) is 40.4. The lowest BCUT2D eigenvalue weighted by atomic mass is 9.87. The molecule has 2 aromatic heterocycles. The number of ether oxygens (including phenoxy) is 8. The lowest BCUT2D eigenvalue weighted by Gasteiger charge is -2.19. The fraction of sp³-hybridized carbons (Fsp3) is 0.282. The van der Waals surface area contributed by atoms with Gasteiger partial charge in [-0.1, -0.05) is 195 Å². The minimum atomic E-state index is 0.109. The van der Waals surface area contributed by atoms with E-state index in [0.717, 1.165) is 258 Å². The number of nitrogens with zero attached hydrogens (tertiary/aromatic N) is 12. The first kappa shape index (κ1) is 110. The Morgan fingerprint density at radius 2 is 0.605 bits per heavy atom. The molecule has 0 saturated carbocycles. The van der Waals surface area contributed by atoms with Gasteiger partial charge in [0.25, 0.3) is 0 Å². The number of aromatic amines is 2. The lowest BCUT2D eigenvalue weighted by Crippen LogP contribution is -2.10. The zero-order valence-electron chi connectivity index (χ0n) is 86.0. The topological polar surface area (TPSA) is 280 Å². The summed E-state index contributed by atoms with van der Waals surface area (Å²) in [5, 5.41) is 57.4. The van der Waals surface area contributed by atoms with Crippen molar-refractivity contribution in [3.05, 3.63) is 351 Å². The molecule has 147 heavy (non-hydrogen) atoms. The van der Waals surface area contributed by atoms with Crippen molar-refractivity contribution < 1.29 is 37.9 Å². The number of H-pyrrole nitrogens is 2. The van der Waals surface area contributed by atoms with Gasteiger partial charge < -0.3 is 48.5 Å². The van der Waals surface area contributed by atoms with Gasteiger partial charge in [0.2, 0.25) is 11.9 Å². The predicted octanol–water partition coefficient (Wildman–Crippen LogP) is 33.2. The van der Waals surface area contributed by atoms with Crippen LogP contribution >= 0.6 is 69.6 Å². The van der Waals surface area contributed by atoms with Crippen molar-refractivity contribution in [3.8, 4) is 80.5 Å². The number of methoxy groups -OCH3 is 2. The van der Waals surface area contributed by atoms with Crippen molar-refractivity contribution in [1.82, 2.24) is 30.4 Å². The SMILES string of the molecule is CC1=NN=C(CCc2c(Cl)cccc2Oc2cc(C)ccc2C(C)C)C1.CC1=NN=C(CCc2c(Cl)cccc2Oc2ccc(C)cc2)C1.COc1ccc(Oc2cccc(Cl)c2CCC2=NN=C(C)C2)cc1.COc1cccc(Oc2cccc(Cl)c2CCC2=NN=C(C)C2)c1.Cc1cc(C)cc(Oc2cccc(Cl)c2CNc2n[nH]c(C)n2)c1.Cc1nc(NCc2c(Cl)cccc2Oc2ccc(C(C)(C)C)cc2)n[nH]1. The van der Waals surface area contributed by atoms with Crippen LogP contribution in [0.15, 0.2) is 283 Å². The Morgan fingerprint density at radius 3 is 0.946 bits per heavy atom. The van der Waals surface area contributed by atoms with Gasteiger partial charge in [0, 0.05) is 154 Å². The van der Waals surface area contributed by atoms with Crippen molar-refractivity contribution in [2.75, 3.05) is 24.9 Å². The molecule has 4 aliphatic heterocycles. The summed E-state index contributed by atoms with van der Waals surface area (Å²) in [5.41, 5.74) is 21.6. The summed E-state index contributed by atoms with van der Waals surface area (Å²) in [6, 6.07) is 77.9. The minimum absolute atomic E-state index is 0.109. The van der Waals surface area contributed by atoms with Gasteiger partial charge in [0.1, 0.15) is 92.1 Å². The molecule has 0 fully saturated rings. The van der Waals surface area contributed by atoms with E-state index in [4.69, 9.17) is 108 Å². The van der Waals surface area contributed by atoms with Gasteiger partial charge in [-0.2, -0.15) is 50.8 Å². The maximum atomic E-state index is 6.49. The van der Waals surface area contributed by atoms with Crippen molar-refractivity contribution in [2.45, 2.75) is 205 Å². The standard InChI is InChI=1S/C22H25ClN2O.C20H23ClN4O.2C19H19ClN2O2.C19H19ClN2O.C18H19ClN4O/c1-14(2)18-10-8-15(3)12-22(18)26-21-7-5-6-20(23)19(21)11-9-17-13-16(4)24-25-17;1-13-23-19(25-24-13)22-12-16-17(21)6-5-7-18(16)26-15-10-8-14(9-11-15)20(2,3)4;1-13-11-14(22-21-13)9-10-17-18(20)7-4-8-19(17)24-16-6-3-5-15(12-16)23-2;1-13-12-14(22-21-13)6-11-17-18(20)4-3-5-19(17)24-16-9-7-15(23-2)8-10-16;1-13-6-9-16(10-7-13)23-19-5-3-4-18(20)17(19)11-8-15-12-14(2)21-22-15;1-11-7-12(2)9-14(8-11)24-17-6-4-5-16(19)15(17)10-20-18-21-13(3)22-23-18/h5-8,10,12,14H,9,11,13H2,1-4H3;5-11H,12H2,1-4H3,(H2,22,23,24,25);3-8,12H,9-11H2,1-2H3;3-5,7-10H,6,11-12H2,1-2H3;3-7,9-10H,8,11-12H2,1-2H3;4-9H,10H2,1-3H3,(H2,20,21,22,23).